The fourth-order valence-corrected chi connectivity index (χ4v) is 4.18. The quantitative estimate of drug-likeness (QED) is 0.901. The molecule has 19 heavy (non-hydrogen) atoms. The van der Waals surface area contributed by atoms with Gasteiger partial charge in [-0.05, 0) is 48.6 Å². The predicted molar refractivity (Wildman–Crippen MR) is 77.8 cm³/mol. The van der Waals surface area contributed by atoms with Gasteiger partial charge in [-0.3, -0.25) is 0 Å². The molecular formula is C15H21NO2S. The summed E-state index contributed by atoms with van der Waals surface area (Å²) in [6, 6.07) is 7.74. The van der Waals surface area contributed by atoms with Crippen LogP contribution in [0.15, 0.2) is 24.3 Å². The average Bonchev–Trinajstić information content (AvgIpc) is 2.94. The minimum atomic E-state index is -2.98. The van der Waals surface area contributed by atoms with Crippen molar-refractivity contribution < 1.29 is 8.42 Å². The summed E-state index contributed by atoms with van der Waals surface area (Å²) >= 11 is 0. The summed E-state index contributed by atoms with van der Waals surface area (Å²) in [6.45, 7) is 0.980. The van der Waals surface area contributed by atoms with E-state index in [2.05, 4.69) is 5.32 Å². The Balaban J connectivity index is 1.63. The zero-order chi connectivity index (χ0) is 13.5. The second kappa shape index (κ2) is 4.82. The largest absolute Gasteiger partial charge is 0.385 e. The van der Waals surface area contributed by atoms with Crippen LogP contribution in [0.3, 0.4) is 0 Å². The molecule has 2 saturated carbocycles. The third kappa shape index (κ3) is 3.30. The third-order valence-electron chi connectivity index (χ3n) is 4.36. The SMILES string of the molecule is CS(=O)(=O)Cc1ccccc1NCC1CC2CC2C1. The van der Waals surface area contributed by atoms with Crippen LogP contribution in [0.25, 0.3) is 0 Å². The Morgan fingerprint density at radius 2 is 1.84 bits per heavy atom. The van der Waals surface area contributed by atoms with Gasteiger partial charge >= 0.3 is 0 Å². The first kappa shape index (κ1) is 13.0. The molecule has 0 saturated heterocycles. The monoisotopic (exact) mass is 279 g/mol. The average molecular weight is 279 g/mol. The summed E-state index contributed by atoms with van der Waals surface area (Å²) in [5.41, 5.74) is 1.86. The minimum Gasteiger partial charge on any atom is -0.385 e. The highest BCUT2D eigenvalue weighted by Gasteiger charge is 2.45. The number of rotatable bonds is 5. The zero-order valence-corrected chi connectivity index (χ0v) is 12.1. The number of sulfone groups is 1. The third-order valence-corrected chi connectivity index (χ3v) is 5.19. The molecule has 2 aliphatic rings. The van der Waals surface area contributed by atoms with Crippen LogP contribution in [0, 0.1) is 17.8 Å². The highest BCUT2D eigenvalue weighted by molar-refractivity contribution is 7.89. The molecule has 0 spiro atoms. The summed E-state index contributed by atoms with van der Waals surface area (Å²) < 4.78 is 22.9. The van der Waals surface area contributed by atoms with Crippen LogP contribution in [0.2, 0.25) is 0 Å². The van der Waals surface area contributed by atoms with Gasteiger partial charge in [0.05, 0.1) is 5.75 Å². The Morgan fingerprint density at radius 3 is 2.53 bits per heavy atom. The van der Waals surface area contributed by atoms with Crippen LogP contribution in [0.5, 0.6) is 0 Å². The molecule has 2 unspecified atom stereocenters. The van der Waals surface area contributed by atoms with E-state index in [0.717, 1.165) is 35.5 Å². The lowest BCUT2D eigenvalue weighted by Crippen LogP contribution is -2.14. The Labute approximate surface area is 115 Å². The zero-order valence-electron chi connectivity index (χ0n) is 11.3. The maximum absolute atomic E-state index is 11.4. The van der Waals surface area contributed by atoms with Gasteiger partial charge in [0, 0.05) is 18.5 Å². The van der Waals surface area contributed by atoms with E-state index in [4.69, 9.17) is 0 Å². The Hall–Kier alpha value is -1.03. The molecule has 1 aromatic rings. The van der Waals surface area contributed by atoms with Crippen LogP contribution < -0.4 is 5.32 Å². The molecule has 0 bridgehead atoms. The van der Waals surface area contributed by atoms with Crippen molar-refractivity contribution in [2.75, 3.05) is 18.1 Å². The number of nitrogens with one attached hydrogen (secondary N) is 1. The molecule has 3 nitrogen and oxygen atoms in total. The number of hydrogen-bond donors (Lipinski definition) is 1. The smallest absolute Gasteiger partial charge is 0.151 e. The van der Waals surface area contributed by atoms with Crippen molar-refractivity contribution in [2.24, 2.45) is 17.8 Å². The number of hydrogen-bond acceptors (Lipinski definition) is 3. The summed E-state index contributed by atoms with van der Waals surface area (Å²) in [4.78, 5) is 0. The molecule has 0 aliphatic heterocycles. The van der Waals surface area contributed by atoms with Gasteiger partial charge in [0.25, 0.3) is 0 Å². The maximum atomic E-state index is 11.4. The van der Waals surface area contributed by atoms with Crippen molar-refractivity contribution in [2.45, 2.75) is 25.0 Å². The maximum Gasteiger partial charge on any atom is 0.151 e. The molecule has 2 atom stereocenters. The fraction of sp³-hybridized carbons (Fsp3) is 0.600. The molecule has 2 fully saturated rings. The van der Waals surface area contributed by atoms with Gasteiger partial charge in [-0.15, -0.1) is 0 Å². The molecule has 4 heteroatoms. The van der Waals surface area contributed by atoms with Crippen molar-refractivity contribution >= 4 is 15.5 Å². The molecule has 1 aromatic carbocycles. The Morgan fingerprint density at radius 1 is 1.16 bits per heavy atom. The summed E-state index contributed by atoms with van der Waals surface area (Å²) in [5, 5.41) is 3.45. The van der Waals surface area contributed by atoms with Crippen molar-refractivity contribution in [3.63, 3.8) is 0 Å². The van der Waals surface area contributed by atoms with Crippen molar-refractivity contribution in [1.29, 1.82) is 0 Å². The lowest BCUT2D eigenvalue weighted by atomic mass is 10.0. The summed E-state index contributed by atoms with van der Waals surface area (Å²) in [6.07, 6.45) is 5.44. The lowest BCUT2D eigenvalue weighted by molar-refractivity contribution is 0.512. The molecule has 3 rings (SSSR count). The van der Waals surface area contributed by atoms with E-state index in [1.807, 2.05) is 24.3 Å². The molecule has 1 N–H and O–H groups in total. The first-order chi connectivity index (χ1) is 9.01. The van der Waals surface area contributed by atoms with Gasteiger partial charge in [0.15, 0.2) is 9.84 Å². The van der Waals surface area contributed by atoms with Crippen LogP contribution in [0.4, 0.5) is 5.69 Å². The molecular weight excluding hydrogens is 258 g/mol. The number of fused-ring (bicyclic) bond motifs is 1. The second-order valence-electron chi connectivity index (χ2n) is 6.20. The molecule has 0 amide bonds. The molecule has 104 valence electrons. The van der Waals surface area contributed by atoms with E-state index in [9.17, 15) is 8.42 Å². The first-order valence-corrected chi connectivity index (χ1v) is 9.07. The van der Waals surface area contributed by atoms with Gasteiger partial charge in [-0.1, -0.05) is 18.2 Å². The number of benzene rings is 1. The van der Waals surface area contributed by atoms with Gasteiger partial charge in [0.1, 0.15) is 0 Å². The van der Waals surface area contributed by atoms with E-state index in [-0.39, 0.29) is 5.75 Å². The van der Waals surface area contributed by atoms with E-state index in [1.165, 1.54) is 25.5 Å². The highest BCUT2D eigenvalue weighted by Crippen LogP contribution is 2.54. The van der Waals surface area contributed by atoms with Crippen LogP contribution in [0.1, 0.15) is 24.8 Å². The fourth-order valence-electron chi connectivity index (χ4n) is 3.36. The van der Waals surface area contributed by atoms with Gasteiger partial charge < -0.3 is 5.32 Å². The van der Waals surface area contributed by atoms with E-state index in [0.29, 0.717) is 0 Å². The van der Waals surface area contributed by atoms with Crippen molar-refractivity contribution in [3.8, 4) is 0 Å². The molecule has 2 aliphatic carbocycles. The van der Waals surface area contributed by atoms with Crippen molar-refractivity contribution in [1.82, 2.24) is 0 Å². The lowest BCUT2D eigenvalue weighted by Gasteiger charge is -2.16. The normalized spacial score (nSPS) is 29.0. The van der Waals surface area contributed by atoms with Gasteiger partial charge in [-0.2, -0.15) is 0 Å². The molecule has 0 radical (unpaired) electrons. The Kier molecular flexibility index (Phi) is 3.29. The minimum absolute atomic E-state index is 0.117. The molecule has 0 heterocycles. The standard InChI is InChI=1S/C15H21NO2S/c1-19(17,18)10-12-4-2-3-5-15(12)16-9-11-6-13-8-14(13)7-11/h2-5,11,13-14,16H,6-10H2,1H3. The number of anilines is 1. The second-order valence-corrected chi connectivity index (χ2v) is 8.34. The summed E-state index contributed by atoms with van der Waals surface area (Å²) in [7, 11) is -2.98. The van der Waals surface area contributed by atoms with Crippen LogP contribution in [-0.4, -0.2) is 21.2 Å². The first-order valence-electron chi connectivity index (χ1n) is 7.01. The van der Waals surface area contributed by atoms with E-state index >= 15 is 0 Å². The van der Waals surface area contributed by atoms with E-state index < -0.39 is 9.84 Å². The number of para-hydroxylation sites is 1. The van der Waals surface area contributed by atoms with Crippen LogP contribution >= 0.6 is 0 Å². The highest BCUT2D eigenvalue weighted by atomic mass is 32.2. The summed E-state index contributed by atoms with van der Waals surface area (Å²) in [5.74, 6) is 2.89. The Bertz CT molecular complexity index is 557. The molecule has 0 aromatic heterocycles. The van der Waals surface area contributed by atoms with Gasteiger partial charge in [-0.25, -0.2) is 8.42 Å². The van der Waals surface area contributed by atoms with Crippen LogP contribution in [-0.2, 0) is 15.6 Å². The van der Waals surface area contributed by atoms with Gasteiger partial charge in [0.2, 0.25) is 0 Å². The van der Waals surface area contributed by atoms with Crippen molar-refractivity contribution in [3.05, 3.63) is 29.8 Å². The van der Waals surface area contributed by atoms with E-state index in [1.54, 1.807) is 0 Å². The predicted octanol–water partition coefficient (Wildman–Crippen LogP) is 2.69. The topological polar surface area (TPSA) is 46.2 Å².